The van der Waals surface area contributed by atoms with Crippen molar-refractivity contribution in [2.45, 2.75) is 58.6 Å². The van der Waals surface area contributed by atoms with Gasteiger partial charge in [0.05, 0.1) is 0 Å². The molecule has 1 amide bonds. The molecule has 3 N–H and O–H groups in total. The minimum atomic E-state index is -0.502. The van der Waals surface area contributed by atoms with Crippen LogP contribution in [0.1, 0.15) is 50.3 Å². The number of amides is 1. The van der Waals surface area contributed by atoms with Gasteiger partial charge in [-0.05, 0) is 94.8 Å². The highest BCUT2D eigenvalue weighted by atomic mass is 16.6. The van der Waals surface area contributed by atoms with E-state index in [1.807, 2.05) is 57.2 Å². The van der Waals surface area contributed by atoms with Crippen LogP contribution in [0, 0.1) is 5.92 Å². The van der Waals surface area contributed by atoms with E-state index in [-0.39, 0.29) is 17.6 Å². The van der Waals surface area contributed by atoms with E-state index < -0.39 is 5.60 Å². The van der Waals surface area contributed by atoms with E-state index in [1.165, 1.54) is 0 Å². The van der Waals surface area contributed by atoms with E-state index in [4.69, 9.17) is 4.74 Å². The molecule has 6 heteroatoms. The number of piperidine rings is 1. The minimum Gasteiger partial charge on any atom is -0.507 e. The predicted octanol–water partition coefficient (Wildman–Crippen LogP) is 5.96. The first-order valence-electron chi connectivity index (χ1n) is 12.7. The zero-order valence-corrected chi connectivity index (χ0v) is 21.8. The molecule has 0 aliphatic carbocycles. The molecule has 1 heterocycles. The lowest BCUT2D eigenvalue weighted by atomic mass is 9.93. The summed E-state index contributed by atoms with van der Waals surface area (Å²) in [5, 5.41) is 24.7. The van der Waals surface area contributed by atoms with Gasteiger partial charge < -0.3 is 20.3 Å². The summed E-state index contributed by atoms with van der Waals surface area (Å²) in [6.45, 7) is 16.2. The number of ether oxygens (including phenoxy) is 1. The Labute approximate surface area is 215 Å². The Hall–Kier alpha value is -3.25. The van der Waals surface area contributed by atoms with Gasteiger partial charge in [-0.1, -0.05) is 24.3 Å². The monoisotopic (exact) mass is 492 g/mol. The fourth-order valence-corrected chi connectivity index (χ4v) is 4.59. The van der Waals surface area contributed by atoms with Crippen LogP contribution >= 0.6 is 0 Å². The molecule has 2 aromatic carbocycles. The molecule has 0 spiro atoms. The van der Waals surface area contributed by atoms with Gasteiger partial charge in [0.2, 0.25) is 0 Å². The molecular formula is C30H40N2O4. The molecule has 3 rings (SSSR count). The molecule has 0 atom stereocenters. The Morgan fingerprint density at radius 2 is 1.69 bits per heavy atom. The molecule has 0 aromatic heterocycles. The minimum absolute atomic E-state index is 0.137. The van der Waals surface area contributed by atoms with Crippen molar-refractivity contribution in [1.29, 1.82) is 0 Å². The van der Waals surface area contributed by atoms with Crippen molar-refractivity contribution in [3.63, 3.8) is 0 Å². The van der Waals surface area contributed by atoms with Crippen molar-refractivity contribution in [2.75, 3.05) is 19.6 Å². The molecule has 194 valence electrons. The lowest BCUT2D eigenvalue weighted by Gasteiger charge is -2.32. The first-order chi connectivity index (χ1) is 17.1. The number of carbonyl (C=O) groups is 1. The maximum Gasteiger partial charge on any atom is 0.407 e. The van der Waals surface area contributed by atoms with E-state index in [2.05, 4.69) is 23.4 Å². The molecule has 0 unspecified atom stereocenters. The second-order valence-corrected chi connectivity index (χ2v) is 10.6. The van der Waals surface area contributed by atoms with E-state index in [0.717, 1.165) is 42.6 Å². The highest BCUT2D eigenvalue weighted by molar-refractivity contribution is 5.78. The quantitative estimate of drug-likeness (QED) is 0.376. The normalized spacial score (nSPS) is 14.9. The van der Waals surface area contributed by atoms with Crippen LogP contribution in [0.3, 0.4) is 0 Å². The van der Waals surface area contributed by atoms with E-state index in [9.17, 15) is 15.0 Å². The maximum absolute atomic E-state index is 12.0. The fraction of sp³-hybridized carbons (Fsp3) is 0.433. The average Bonchev–Trinajstić information content (AvgIpc) is 2.81. The molecule has 1 aliphatic rings. The first-order valence-corrected chi connectivity index (χ1v) is 12.7. The summed E-state index contributed by atoms with van der Waals surface area (Å²) in [5.74, 6) is 0.732. The SMILES string of the molecule is C=CCc1ccc(O)c(-c2cc(CC=C)cc(CN3CCC(CNC(=O)OC(C)(C)C)CC3)c2O)c1. The molecule has 1 fully saturated rings. The van der Waals surface area contributed by atoms with E-state index in [1.54, 1.807) is 6.07 Å². The van der Waals surface area contributed by atoms with Gasteiger partial charge in [0.15, 0.2) is 0 Å². The number of phenolic OH excluding ortho intramolecular Hbond substituents is 2. The topological polar surface area (TPSA) is 82.0 Å². The number of aromatic hydroxyl groups is 2. The first kappa shape index (κ1) is 27.3. The molecule has 6 nitrogen and oxygen atoms in total. The number of rotatable bonds is 9. The summed E-state index contributed by atoms with van der Waals surface area (Å²) in [6.07, 6.45) is 6.57. The molecule has 0 saturated carbocycles. The van der Waals surface area contributed by atoms with Crippen molar-refractivity contribution in [3.05, 3.63) is 72.3 Å². The second kappa shape index (κ2) is 12.1. The van der Waals surface area contributed by atoms with Crippen LogP contribution in [-0.4, -0.2) is 46.4 Å². The molecule has 1 aliphatic heterocycles. The van der Waals surface area contributed by atoms with Crippen LogP contribution in [-0.2, 0) is 24.1 Å². The number of carbonyl (C=O) groups excluding carboxylic acids is 1. The lowest BCUT2D eigenvalue weighted by Crippen LogP contribution is -2.40. The summed E-state index contributed by atoms with van der Waals surface area (Å²) >= 11 is 0. The Kier molecular flexibility index (Phi) is 9.21. The maximum atomic E-state index is 12.0. The van der Waals surface area contributed by atoms with Crippen LogP contribution in [0.4, 0.5) is 4.79 Å². The van der Waals surface area contributed by atoms with Crippen molar-refractivity contribution in [3.8, 4) is 22.6 Å². The van der Waals surface area contributed by atoms with Gasteiger partial charge in [0.1, 0.15) is 17.1 Å². The lowest BCUT2D eigenvalue weighted by molar-refractivity contribution is 0.0509. The zero-order valence-electron chi connectivity index (χ0n) is 21.8. The number of phenols is 2. The number of hydrogen-bond acceptors (Lipinski definition) is 5. The number of benzene rings is 2. The molecule has 36 heavy (non-hydrogen) atoms. The third kappa shape index (κ3) is 7.62. The van der Waals surface area contributed by atoms with Gasteiger partial charge in [-0.3, -0.25) is 4.90 Å². The summed E-state index contributed by atoms with van der Waals surface area (Å²) in [4.78, 5) is 14.3. The van der Waals surface area contributed by atoms with Crippen molar-refractivity contribution < 1.29 is 19.7 Å². The van der Waals surface area contributed by atoms with Crippen LogP contribution in [0.2, 0.25) is 0 Å². The smallest absolute Gasteiger partial charge is 0.407 e. The Bertz CT molecular complexity index is 1080. The zero-order chi connectivity index (χ0) is 26.3. The third-order valence-corrected chi connectivity index (χ3v) is 6.39. The highest BCUT2D eigenvalue weighted by Crippen LogP contribution is 2.40. The summed E-state index contributed by atoms with van der Waals surface area (Å²) in [7, 11) is 0. The summed E-state index contributed by atoms with van der Waals surface area (Å²) < 4.78 is 5.33. The van der Waals surface area contributed by atoms with Crippen LogP contribution < -0.4 is 5.32 Å². The summed E-state index contributed by atoms with van der Waals surface area (Å²) in [6, 6.07) is 9.41. The third-order valence-electron chi connectivity index (χ3n) is 6.39. The molecular weight excluding hydrogens is 452 g/mol. The molecule has 2 aromatic rings. The largest absolute Gasteiger partial charge is 0.507 e. The number of nitrogens with one attached hydrogen (secondary N) is 1. The van der Waals surface area contributed by atoms with Crippen LogP contribution in [0.5, 0.6) is 11.5 Å². The average molecular weight is 493 g/mol. The number of nitrogens with zero attached hydrogens (tertiary/aromatic N) is 1. The van der Waals surface area contributed by atoms with Crippen molar-refractivity contribution in [2.24, 2.45) is 5.92 Å². The Morgan fingerprint density at radius 3 is 2.33 bits per heavy atom. The highest BCUT2D eigenvalue weighted by Gasteiger charge is 2.23. The van der Waals surface area contributed by atoms with Gasteiger partial charge in [0.25, 0.3) is 0 Å². The predicted molar refractivity (Wildman–Crippen MR) is 145 cm³/mol. The van der Waals surface area contributed by atoms with Gasteiger partial charge in [-0.2, -0.15) is 0 Å². The number of likely N-dealkylation sites (tertiary alicyclic amines) is 1. The van der Waals surface area contributed by atoms with Crippen molar-refractivity contribution >= 4 is 6.09 Å². The molecule has 0 bridgehead atoms. The number of alkyl carbamates (subject to hydrolysis) is 1. The Morgan fingerprint density at radius 1 is 1.06 bits per heavy atom. The van der Waals surface area contributed by atoms with Crippen LogP contribution in [0.25, 0.3) is 11.1 Å². The number of hydrogen-bond donors (Lipinski definition) is 3. The van der Waals surface area contributed by atoms with E-state index >= 15 is 0 Å². The van der Waals surface area contributed by atoms with E-state index in [0.29, 0.717) is 43.0 Å². The van der Waals surface area contributed by atoms with Gasteiger partial charge in [-0.25, -0.2) is 4.79 Å². The van der Waals surface area contributed by atoms with Crippen molar-refractivity contribution in [1.82, 2.24) is 10.2 Å². The number of allylic oxidation sites excluding steroid dienone is 2. The van der Waals surface area contributed by atoms with Gasteiger partial charge >= 0.3 is 6.09 Å². The second-order valence-electron chi connectivity index (χ2n) is 10.6. The van der Waals surface area contributed by atoms with Gasteiger partial charge in [-0.15, -0.1) is 13.2 Å². The Balaban J connectivity index is 1.71. The van der Waals surface area contributed by atoms with Gasteiger partial charge in [0, 0.05) is 29.8 Å². The fourth-order valence-electron chi connectivity index (χ4n) is 4.59. The standard InChI is InChI=1S/C30H40N2O4/c1-6-8-21-10-11-27(33)25(17-21)26-18-23(9-7-2)16-24(28(26)34)20-32-14-12-22(13-15-32)19-31-29(35)36-30(3,4)5/h6-7,10-11,16-18,22,33-34H,1-2,8-9,12-15,19-20H2,3-5H3,(H,31,35). The molecule has 1 saturated heterocycles. The van der Waals surface area contributed by atoms with Crippen LogP contribution in [0.15, 0.2) is 55.6 Å². The summed E-state index contributed by atoms with van der Waals surface area (Å²) in [5.41, 5.74) is 3.64. The molecule has 0 radical (unpaired) electrons.